The number of para-hydroxylation sites is 2. The Morgan fingerprint density at radius 1 is 0.920 bits per heavy atom. The molecule has 1 aliphatic rings. The van der Waals surface area contributed by atoms with Crippen molar-refractivity contribution in [3.05, 3.63) is 60.4 Å². The van der Waals surface area contributed by atoms with E-state index in [1.54, 1.807) is 18.2 Å². The first-order chi connectivity index (χ1) is 12.2. The van der Waals surface area contributed by atoms with Gasteiger partial charge >= 0.3 is 0 Å². The topological polar surface area (TPSA) is 71.3 Å². The number of anilines is 2. The van der Waals surface area contributed by atoms with Gasteiger partial charge < -0.3 is 15.1 Å². The summed E-state index contributed by atoms with van der Waals surface area (Å²) in [6, 6.07) is 16.5. The van der Waals surface area contributed by atoms with E-state index in [0.717, 1.165) is 24.6 Å². The molecule has 2 amide bonds. The minimum absolute atomic E-state index is 0.0266. The van der Waals surface area contributed by atoms with Crippen molar-refractivity contribution < 1.29 is 14.0 Å². The van der Waals surface area contributed by atoms with E-state index in [1.165, 1.54) is 0 Å². The zero-order valence-corrected chi connectivity index (χ0v) is 13.6. The average Bonchev–Trinajstić information content (AvgIpc) is 2.93. The molecule has 2 N–H and O–H groups in total. The molecule has 4 rings (SSSR count). The number of carbonyl (C=O) groups is 2. The number of fused-ring (bicyclic) bond motifs is 1. The van der Waals surface area contributed by atoms with E-state index in [4.69, 9.17) is 4.42 Å². The summed E-state index contributed by atoms with van der Waals surface area (Å²) in [7, 11) is 0. The first-order valence-corrected chi connectivity index (χ1v) is 8.41. The molecule has 0 radical (unpaired) electrons. The summed E-state index contributed by atoms with van der Waals surface area (Å²) in [6.45, 7) is 0. The van der Waals surface area contributed by atoms with Crippen molar-refractivity contribution >= 4 is 34.2 Å². The second-order valence-corrected chi connectivity index (χ2v) is 6.24. The molecule has 1 heterocycles. The van der Waals surface area contributed by atoms with Crippen LogP contribution in [0.15, 0.2) is 59.0 Å². The zero-order chi connectivity index (χ0) is 17.2. The summed E-state index contributed by atoms with van der Waals surface area (Å²) < 4.78 is 5.74. The molecule has 0 atom stereocenters. The van der Waals surface area contributed by atoms with E-state index in [2.05, 4.69) is 10.6 Å². The van der Waals surface area contributed by atoms with Crippen LogP contribution in [0.5, 0.6) is 0 Å². The standard InChI is InChI=1S/C20H18N2O3/c23-19(13-7-6-8-13)22-17-15-11-4-5-12-16(15)25-18(17)20(24)21-14-9-2-1-3-10-14/h1-5,9-13H,6-8H2,(H,21,24)(H,22,23). The predicted octanol–water partition coefficient (Wildman–Crippen LogP) is 4.42. The van der Waals surface area contributed by atoms with Crippen molar-refractivity contribution in [2.75, 3.05) is 10.6 Å². The van der Waals surface area contributed by atoms with Crippen molar-refractivity contribution in [2.45, 2.75) is 19.3 Å². The van der Waals surface area contributed by atoms with Crippen LogP contribution >= 0.6 is 0 Å². The van der Waals surface area contributed by atoms with Gasteiger partial charge in [-0.2, -0.15) is 0 Å². The quantitative estimate of drug-likeness (QED) is 0.742. The summed E-state index contributed by atoms with van der Waals surface area (Å²) >= 11 is 0. The van der Waals surface area contributed by atoms with E-state index in [9.17, 15) is 9.59 Å². The molecular weight excluding hydrogens is 316 g/mol. The maximum atomic E-state index is 12.7. The Labute approximate surface area is 145 Å². The lowest BCUT2D eigenvalue weighted by Crippen LogP contribution is -2.28. The van der Waals surface area contributed by atoms with Crippen molar-refractivity contribution in [2.24, 2.45) is 5.92 Å². The Balaban J connectivity index is 1.68. The summed E-state index contributed by atoms with van der Waals surface area (Å²) in [4.78, 5) is 25.1. The highest BCUT2D eigenvalue weighted by Gasteiger charge is 2.28. The Bertz CT molecular complexity index is 927. The lowest BCUT2D eigenvalue weighted by Gasteiger charge is -2.24. The molecule has 1 fully saturated rings. The number of carbonyl (C=O) groups excluding carboxylic acids is 2. The van der Waals surface area contributed by atoms with Gasteiger partial charge in [-0.3, -0.25) is 9.59 Å². The first kappa shape index (κ1) is 15.4. The Morgan fingerprint density at radius 2 is 1.64 bits per heavy atom. The summed E-state index contributed by atoms with van der Waals surface area (Å²) in [5.74, 6) is -0.283. The molecule has 0 unspecified atom stereocenters. The Hall–Kier alpha value is -3.08. The average molecular weight is 334 g/mol. The number of benzene rings is 2. The van der Waals surface area contributed by atoms with Gasteiger partial charge in [0.2, 0.25) is 11.7 Å². The van der Waals surface area contributed by atoms with Gasteiger partial charge in [-0.1, -0.05) is 36.8 Å². The lowest BCUT2D eigenvalue weighted by atomic mass is 9.85. The Morgan fingerprint density at radius 3 is 2.36 bits per heavy atom. The van der Waals surface area contributed by atoms with Crippen LogP contribution in [0.2, 0.25) is 0 Å². The zero-order valence-electron chi connectivity index (χ0n) is 13.6. The third kappa shape index (κ3) is 3.01. The normalized spacial score (nSPS) is 14.1. The van der Waals surface area contributed by atoms with Crippen LogP contribution in [0.25, 0.3) is 11.0 Å². The maximum Gasteiger partial charge on any atom is 0.293 e. The minimum atomic E-state index is -0.383. The van der Waals surface area contributed by atoms with Crippen molar-refractivity contribution in [1.29, 1.82) is 0 Å². The fraction of sp³-hybridized carbons (Fsp3) is 0.200. The van der Waals surface area contributed by atoms with Crippen LogP contribution in [0, 0.1) is 5.92 Å². The molecule has 1 aliphatic carbocycles. The minimum Gasteiger partial charge on any atom is -0.449 e. The highest BCUT2D eigenvalue weighted by molar-refractivity contribution is 6.14. The van der Waals surface area contributed by atoms with Crippen LogP contribution < -0.4 is 10.6 Å². The van der Waals surface area contributed by atoms with Crippen LogP contribution in [0.4, 0.5) is 11.4 Å². The summed E-state index contributed by atoms with van der Waals surface area (Å²) in [6.07, 6.45) is 2.87. The lowest BCUT2D eigenvalue weighted by molar-refractivity contribution is -0.122. The second-order valence-electron chi connectivity index (χ2n) is 6.24. The SMILES string of the molecule is O=C(Nc1ccccc1)c1oc2ccccc2c1NC(=O)C1CCC1. The molecule has 0 saturated heterocycles. The molecule has 1 aromatic heterocycles. The van der Waals surface area contributed by atoms with Gasteiger partial charge in [-0.25, -0.2) is 0 Å². The largest absolute Gasteiger partial charge is 0.449 e. The molecule has 126 valence electrons. The summed E-state index contributed by atoms with van der Waals surface area (Å²) in [5.41, 5.74) is 1.69. The molecule has 0 aliphatic heterocycles. The fourth-order valence-electron chi connectivity index (χ4n) is 2.93. The van der Waals surface area contributed by atoms with Gasteiger partial charge in [0.25, 0.3) is 5.91 Å². The van der Waals surface area contributed by atoms with Crippen LogP contribution in [0.1, 0.15) is 29.8 Å². The highest BCUT2D eigenvalue weighted by Crippen LogP contribution is 2.34. The Kier molecular flexibility index (Phi) is 3.98. The van der Waals surface area contributed by atoms with Gasteiger partial charge in [-0.15, -0.1) is 0 Å². The molecule has 5 nitrogen and oxygen atoms in total. The van der Waals surface area contributed by atoms with Gasteiger partial charge in [0.15, 0.2) is 0 Å². The molecule has 0 bridgehead atoms. The van der Waals surface area contributed by atoms with E-state index in [-0.39, 0.29) is 23.5 Å². The van der Waals surface area contributed by atoms with Gasteiger partial charge in [0, 0.05) is 17.0 Å². The number of hydrogen-bond donors (Lipinski definition) is 2. The maximum absolute atomic E-state index is 12.7. The number of hydrogen-bond acceptors (Lipinski definition) is 3. The second kappa shape index (κ2) is 6.43. The van der Waals surface area contributed by atoms with Crippen molar-refractivity contribution in [1.82, 2.24) is 0 Å². The smallest absolute Gasteiger partial charge is 0.293 e. The first-order valence-electron chi connectivity index (χ1n) is 8.41. The van der Waals surface area contributed by atoms with E-state index in [0.29, 0.717) is 17.0 Å². The monoisotopic (exact) mass is 334 g/mol. The third-order valence-electron chi connectivity index (χ3n) is 4.56. The van der Waals surface area contributed by atoms with Crippen LogP contribution in [-0.2, 0) is 4.79 Å². The van der Waals surface area contributed by atoms with E-state index in [1.807, 2.05) is 36.4 Å². The van der Waals surface area contributed by atoms with E-state index < -0.39 is 0 Å². The number of nitrogens with one attached hydrogen (secondary N) is 2. The van der Waals surface area contributed by atoms with Gasteiger partial charge in [-0.05, 0) is 37.1 Å². The molecule has 1 saturated carbocycles. The van der Waals surface area contributed by atoms with Crippen molar-refractivity contribution in [3.8, 4) is 0 Å². The van der Waals surface area contributed by atoms with Crippen LogP contribution in [-0.4, -0.2) is 11.8 Å². The summed E-state index contributed by atoms with van der Waals surface area (Å²) in [5, 5.41) is 6.44. The number of furan rings is 1. The molecule has 2 aromatic carbocycles. The van der Waals surface area contributed by atoms with Crippen molar-refractivity contribution in [3.63, 3.8) is 0 Å². The van der Waals surface area contributed by atoms with Gasteiger partial charge in [0.05, 0.1) is 0 Å². The number of amides is 2. The third-order valence-corrected chi connectivity index (χ3v) is 4.56. The van der Waals surface area contributed by atoms with E-state index >= 15 is 0 Å². The number of rotatable bonds is 4. The van der Waals surface area contributed by atoms with Gasteiger partial charge in [0.1, 0.15) is 11.3 Å². The van der Waals surface area contributed by atoms with Crippen LogP contribution in [0.3, 0.4) is 0 Å². The molecule has 25 heavy (non-hydrogen) atoms. The molecule has 5 heteroatoms. The molecular formula is C20H18N2O3. The molecule has 3 aromatic rings. The highest BCUT2D eigenvalue weighted by atomic mass is 16.3. The predicted molar refractivity (Wildman–Crippen MR) is 96.6 cm³/mol. The molecule has 0 spiro atoms. The fourth-order valence-corrected chi connectivity index (χ4v) is 2.93.